The molecule has 1 amide bonds. The van der Waals surface area contributed by atoms with Gasteiger partial charge in [0.1, 0.15) is 5.82 Å². The van der Waals surface area contributed by atoms with Crippen LogP contribution < -0.4 is 4.90 Å². The van der Waals surface area contributed by atoms with Gasteiger partial charge in [-0.05, 0) is 35.7 Å². The largest absolute Gasteiger partial charge is 0.368 e. The van der Waals surface area contributed by atoms with E-state index in [4.69, 9.17) is 0 Å². The summed E-state index contributed by atoms with van der Waals surface area (Å²) in [5.74, 6) is 0.224. The molecule has 0 spiro atoms. The first kappa shape index (κ1) is 16.5. The summed E-state index contributed by atoms with van der Waals surface area (Å²) < 4.78 is 13.0. The lowest BCUT2D eigenvalue weighted by atomic mass is 9.97. The van der Waals surface area contributed by atoms with Gasteiger partial charge in [0.05, 0.1) is 0 Å². The van der Waals surface area contributed by atoms with Gasteiger partial charge in [-0.25, -0.2) is 4.39 Å². The smallest absolute Gasteiger partial charge is 0.223 e. The normalized spacial score (nSPS) is 16.1. The minimum atomic E-state index is -0.220. The molecule has 3 rings (SSSR count). The van der Waals surface area contributed by atoms with E-state index in [0.29, 0.717) is 6.42 Å². The van der Waals surface area contributed by atoms with Crippen LogP contribution in [0.5, 0.6) is 0 Å². The Morgan fingerprint density at radius 1 is 1.00 bits per heavy atom. The third-order valence-electron chi connectivity index (χ3n) is 4.67. The number of hydrogen-bond acceptors (Lipinski definition) is 2. The molecule has 0 aliphatic carbocycles. The zero-order valence-corrected chi connectivity index (χ0v) is 14.0. The monoisotopic (exact) mass is 326 g/mol. The van der Waals surface area contributed by atoms with Crippen molar-refractivity contribution in [1.82, 2.24) is 4.90 Å². The van der Waals surface area contributed by atoms with E-state index in [1.165, 1.54) is 17.7 Å². The van der Waals surface area contributed by atoms with Gasteiger partial charge < -0.3 is 9.80 Å². The molecule has 0 saturated carbocycles. The van der Waals surface area contributed by atoms with Gasteiger partial charge in [-0.2, -0.15) is 0 Å². The molecule has 0 bridgehead atoms. The number of piperazine rings is 1. The summed E-state index contributed by atoms with van der Waals surface area (Å²) in [6, 6.07) is 16.7. The summed E-state index contributed by atoms with van der Waals surface area (Å²) in [6.45, 7) is 5.12. The average Bonchev–Trinajstić information content (AvgIpc) is 2.63. The number of anilines is 1. The molecule has 1 heterocycles. The van der Waals surface area contributed by atoms with Gasteiger partial charge in [-0.1, -0.05) is 37.3 Å². The molecule has 1 aliphatic heterocycles. The molecule has 1 atom stereocenters. The third-order valence-corrected chi connectivity index (χ3v) is 4.67. The molecule has 3 nitrogen and oxygen atoms in total. The molecule has 1 unspecified atom stereocenters. The minimum Gasteiger partial charge on any atom is -0.368 e. The van der Waals surface area contributed by atoms with Crippen LogP contribution in [0.15, 0.2) is 54.6 Å². The molecule has 0 radical (unpaired) electrons. The molecule has 0 N–H and O–H groups in total. The maximum Gasteiger partial charge on any atom is 0.223 e. The SMILES string of the molecule is CC(CC(=O)N1CCN(c2ccc(F)cc2)CC1)c1ccccc1. The van der Waals surface area contributed by atoms with Crippen molar-refractivity contribution >= 4 is 11.6 Å². The predicted molar refractivity (Wildman–Crippen MR) is 94.7 cm³/mol. The topological polar surface area (TPSA) is 23.6 Å². The summed E-state index contributed by atoms with van der Waals surface area (Å²) in [5, 5.41) is 0. The maximum absolute atomic E-state index is 13.0. The average molecular weight is 326 g/mol. The van der Waals surface area contributed by atoms with Crippen molar-refractivity contribution in [2.45, 2.75) is 19.3 Å². The van der Waals surface area contributed by atoms with Gasteiger partial charge >= 0.3 is 0 Å². The highest BCUT2D eigenvalue weighted by atomic mass is 19.1. The van der Waals surface area contributed by atoms with Crippen molar-refractivity contribution in [2.24, 2.45) is 0 Å². The number of amides is 1. The molecule has 0 aromatic heterocycles. The molecule has 1 saturated heterocycles. The van der Waals surface area contributed by atoms with Crippen LogP contribution in [-0.4, -0.2) is 37.0 Å². The molecule has 1 fully saturated rings. The number of carbonyl (C=O) groups excluding carboxylic acids is 1. The number of carbonyl (C=O) groups is 1. The third kappa shape index (κ3) is 3.94. The molecular formula is C20H23FN2O. The van der Waals surface area contributed by atoms with Crippen molar-refractivity contribution in [3.8, 4) is 0 Å². The standard InChI is InChI=1S/C20H23FN2O/c1-16(17-5-3-2-4-6-17)15-20(24)23-13-11-22(12-14-23)19-9-7-18(21)8-10-19/h2-10,16H,11-15H2,1H3. The van der Waals surface area contributed by atoms with E-state index in [9.17, 15) is 9.18 Å². The zero-order valence-electron chi connectivity index (χ0n) is 14.0. The minimum absolute atomic E-state index is 0.213. The number of benzene rings is 2. The van der Waals surface area contributed by atoms with Gasteiger partial charge in [-0.3, -0.25) is 4.79 Å². The van der Waals surface area contributed by atoms with Crippen molar-refractivity contribution in [3.05, 3.63) is 66.0 Å². The van der Waals surface area contributed by atoms with E-state index in [1.54, 1.807) is 12.1 Å². The van der Waals surface area contributed by atoms with Crippen LogP contribution >= 0.6 is 0 Å². The van der Waals surface area contributed by atoms with Crippen LogP contribution in [0.3, 0.4) is 0 Å². The van der Waals surface area contributed by atoms with Crippen LogP contribution in [0, 0.1) is 5.82 Å². The molecule has 126 valence electrons. The lowest BCUT2D eigenvalue weighted by Gasteiger charge is -2.36. The Bertz CT molecular complexity index is 664. The Kier molecular flexibility index (Phi) is 5.14. The first-order chi connectivity index (χ1) is 11.6. The predicted octanol–water partition coefficient (Wildman–Crippen LogP) is 3.67. The summed E-state index contributed by atoms with van der Waals surface area (Å²) in [5.41, 5.74) is 2.22. The van der Waals surface area contributed by atoms with Gasteiger partial charge in [0.25, 0.3) is 0 Å². The lowest BCUT2D eigenvalue weighted by Crippen LogP contribution is -2.49. The van der Waals surface area contributed by atoms with E-state index < -0.39 is 0 Å². The second-order valence-corrected chi connectivity index (χ2v) is 6.36. The van der Waals surface area contributed by atoms with Gasteiger partial charge in [-0.15, -0.1) is 0 Å². The Labute approximate surface area is 142 Å². The molecule has 2 aromatic rings. The van der Waals surface area contributed by atoms with Crippen molar-refractivity contribution in [3.63, 3.8) is 0 Å². The first-order valence-electron chi connectivity index (χ1n) is 8.47. The number of halogens is 1. The van der Waals surface area contributed by atoms with E-state index >= 15 is 0 Å². The van der Waals surface area contributed by atoms with E-state index in [1.807, 2.05) is 23.1 Å². The number of hydrogen-bond donors (Lipinski definition) is 0. The fraction of sp³-hybridized carbons (Fsp3) is 0.350. The summed E-state index contributed by atoms with van der Waals surface area (Å²) in [4.78, 5) is 16.7. The van der Waals surface area contributed by atoms with Crippen LogP contribution in [0.2, 0.25) is 0 Å². The Morgan fingerprint density at radius 2 is 1.62 bits per heavy atom. The van der Waals surface area contributed by atoms with Crippen LogP contribution in [0.25, 0.3) is 0 Å². The molecule has 24 heavy (non-hydrogen) atoms. The summed E-state index contributed by atoms with van der Waals surface area (Å²) in [6.07, 6.45) is 0.542. The highest BCUT2D eigenvalue weighted by molar-refractivity contribution is 5.77. The second-order valence-electron chi connectivity index (χ2n) is 6.36. The van der Waals surface area contributed by atoms with Crippen molar-refractivity contribution in [2.75, 3.05) is 31.1 Å². The lowest BCUT2D eigenvalue weighted by molar-refractivity contribution is -0.131. The van der Waals surface area contributed by atoms with Crippen LogP contribution in [-0.2, 0) is 4.79 Å². The quantitative estimate of drug-likeness (QED) is 0.856. The highest BCUT2D eigenvalue weighted by Gasteiger charge is 2.22. The van der Waals surface area contributed by atoms with E-state index in [-0.39, 0.29) is 17.6 Å². The molecule has 1 aliphatic rings. The zero-order chi connectivity index (χ0) is 16.9. The van der Waals surface area contributed by atoms with Crippen molar-refractivity contribution in [1.29, 1.82) is 0 Å². The molecule has 2 aromatic carbocycles. The first-order valence-corrected chi connectivity index (χ1v) is 8.47. The Morgan fingerprint density at radius 3 is 2.25 bits per heavy atom. The fourth-order valence-corrected chi connectivity index (χ4v) is 3.16. The van der Waals surface area contributed by atoms with E-state index in [0.717, 1.165) is 31.9 Å². The van der Waals surface area contributed by atoms with Crippen LogP contribution in [0.1, 0.15) is 24.8 Å². The number of nitrogens with zero attached hydrogens (tertiary/aromatic N) is 2. The van der Waals surface area contributed by atoms with Gasteiger partial charge in [0.2, 0.25) is 5.91 Å². The number of rotatable bonds is 4. The van der Waals surface area contributed by atoms with E-state index in [2.05, 4.69) is 24.0 Å². The Balaban J connectivity index is 1.52. The summed E-state index contributed by atoms with van der Waals surface area (Å²) in [7, 11) is 0. The highest BCUT2D eigenvalue weighted by Crippen LogP contribution is 2.21. The van der Waals surface area contributed by atoms with Crippen molar-refractivity contribution < 1.29 is 9.18 Å². The van der Waals surface area contributed by atoms with Crippen LogP contribution in [0.4, 0.5) is 10.1 Å². The van der Waals surface area contributed by atoms with Gasteiger partial charge in [0.15, 0.2) is 0 Å². The maximum atomic E-state index is 13.0. The van der Waals surface area contributed by atoms with Gasteiger partial charge in [0, 0.05) is 38.3 Å². The second kappa shape index (κ2) is 7.47. The summed E-state index contributed by atoms with van der Waals surface area (Å²) >= 11 is 0. The Hall–Kier alpha value is -2.36. The fourth-order valence-electron chi connectivity index (χ4n) is 3.16. The molecular weight excluding hydrogens is 303 g/mol. The molecule has 4 heteroatoms.